The molecule has 0 bridgehead atoms. The SMILES string of the molecule is C[C@H]1[C@H]2[C@H](C[C@H]3[C@@H]4CCC5=CC(=O)C=C[C@]5(C)[C@H]4CC[C@]23C)O[C@@H]1C1OC(=O)[C@H](C)[C@H]1C. The minimum Gasteiger partial charge on any atom is -0.459 e. The average molecular weight is 439 g/mol. The van der Waals surface area contributed by atoms with Crippen LogP contribution in [0.5, 0.6) is 0 Å². The Kier molecular flexibility index (Phi) is 4.50. The molecule has 0 N–H and O–H groups in total. The minimum atomic E-state index is -0.0947. The molecule has 0 aromatic rings. The van der Waals surface area contributed by atoms with Crippen molar-refractivity contribution in [1.29, 1.82) is 0 Å². The highest BCUT2D eigenvalue weighted by Crippen LogP contribution is 2.69. The van der Waals surface area contributed by atoms with Gasteiger partial charge in [-0.15, -0.1) is 0 Å². The Morgan fingerprint density at radius 3 is 2.50 bits per heavy atom. The number of hydrogen-bond donors (Lipinski definition) is 0. The number of carbonyl (C=O) groups excluding carboxylic acids is 2. The molecule has 2 aliphatic heterocycles. The lowest BCUT2D eigenvalue weighted by Gasteiger charge is -2.57. The standard InChI is InChI=1S/C28H38O4/c1-14-15(2)26(30)32-24(14)25-16(3)23-22(31-25)13-21-19-7-6-17-12-18(29)8-10-27(17,4)20(19)9-11-28(21,23)5/h8,10,12,14-16,19-25H,6-7,9,11,13H2,1-5H3/t14-,15-,16+,19-,20+,21+,22+,23+,24?,25+,27+,28+/m1/s1. The maximum atomic E-state index is 12.2. The first-order valence-electron chi connectivity index (χ1n) is 13.0. The molecule has 0 spiro atoms. The van der Waals surface area contributed by atoms with Crippen LogP contribution in [0.25, 0.3) is 0 Å². The number of ketones is 1. The maximum Gasteiger partial charge on any atom is 0.309 e. The van der Waals surface area contributed by atoms with E-state index >= 15 is 0 Å². The Morgan fingerprint density at radius 2 is 1.78 bits per heavy atom. The molecule has 3 saturated carbocycles. The van der Waals surface area contributed by atoms with Gasteiger partial charge in [-0.2, -0.15) is 0 Å². The first kappa shape index (κ1) is 21.1. The molecular weight excluding hydrogens is 400 g/mol. The third-order valence-electron chi connectivity index (χ3n) is 11.3. The van der Waals surface area contributed by atoms with E-state index in [-0.39, 0.29) is 41.2 Å². The zero-order valence-corrected chi connectivity index (χ0v) is 20.2. The molecule has 1 unspecified atom stereocenters. The molecule has 0 aromatic heterocycles. The summed E-state index contributed by atoms with van der Waals surface area (Å²) >= 11 is 0. The van der Waals surface area contributed by atoms with Crippen LogP contribution in [0.2, 0.25) is 0 Å². The maximum absolute atomic E-state index is 12.2. The van der Waals surface area contributed by atoms with Gasteiger partial charge in [0.25, 0.3) is 0 Å². The Morgan fingerprint density at radius 1 is 1.00 bits per heavy atom. The van der Waals surface area contributed by atoms with Crippen LogP contribution in [-0.4, -0.2) is 30.1 Å². The molecule has 2 heterocycles. The highest BCUT2D eigenvalue weighted by molar-refractivity contribution is 6.01. The number of cyclic esters (lactones) is 1. The van der Waals surface area contributed by atoms with Crippen LogP contribution in [0.3, 0.4) is 0 Å². The summed E-state index contributed by atoms with van der Waals surface area (Å²) < 4.78 is 12.6. The molecule has 6 aliphatic rings. The van der Waals surface area contributed by atoms with Crippen molar-refractivity contribution in [2.24, 2.45) is 52.3 Å². The number of fused-ring (bicyclic) bond motifs is 7. The van der Waals surface area contributed by atoms with Gasteiger partial charge in [0.1, 0.15) is 6.10 Å². The highest BCUT2D eigenvalue weighted by Gasteiger charge is 2.66. The predicted octanol–water partition coefficient (Wildman–Crippen LogP) is 5.12. The van der Waals surface area contributed by atoms with E-state index in [0.29, 0.717) is 41.1 Å². The average Bonchev–Trinajstić information content (AvgIpc) is 3.33. The second-order valence-corrected chi connectivity index (χ2v) is 12.5. The van der Waals surface area contributed by atoms with Crippen molar-refractivity contribution < 1.29 is 19.1 Å². The summed E-state index contributed by atoms with van der Waals surface area (Å²) in [5.41, 5.74) is 1.71. The quantitative estimate of drug-likeness (QED) is 0.533. The summed E-state index contributed by atoms with van der Waals surface area (Å²) in [6.07, 6.45) is 12.1. The largest absolute Gasteiger partial charge is 0.459 e. The second-order valence-electron chi connectivity index (χ2n) is 12.5. The van der Waals surface area contributed by atoms with E-state index in [0.717, 1.165) is 12.8 Å². The van der Waals surface area contributed by atoms with Gasteiger partial charge in [0, 0.05) is 11.3 Å². The first-order valence-corrected chi connectivity index (χ1v) is 13.0. The number of esters is 1. The summed E-state index contributed by atoms with van der Waals surface area (Å²) in [6.45, 7) is 11.4. The van der Waals surface area contributed by atoms with Gasteiger partial charge in [0.05, 0.1) is 18.1 Å². The van der Waals surface area contributed by atoms with Gasteiger partial charge in [0.15, 0.2) is 5.78 Å². The predicted molar refractivity (Wildman–Crippen MR) is 122 cm³/mol. The zero-order chi connectivity index (χ0) is 22.6. The van der Waals surface area contributed by atoms with E-state index in [1.807, 2.05) is 19.1 Å². The van der Waals surface area contributed by atoms with Gasteiger partial charge < -0.3 is 9.47 Å². The highest BCUT2D eigenvalue weighted by atomic mass is 16.6. The van der Waals surface area contributed by atoms with E-state index in [2.05, 4.69) is 33.8 Å². The van der Waals surface area contributed by atoms with E-state index < -0.39 is 0 Å². The number of rotatable bonds is 1. The van der Waals surface area contributed by atoms with E-state index in [4.69, 9.17) is 9.47 Å². The normalized spacial score (nSPS) is 56.2. The summed E-state index contributed by atoms with van der Waals surface area (Å²) in [5, 5.41) is 0. The molecule has 5 fully saturated rings. The Labute approximate surface area is 192 Å². The Bertz CT molecular complexity index is 918. The molecule has 32 heavy (non-hydrogen) atoms. The molecule has 6 rings (SSSR count). The van der Waals surface area contributed by atoms with Gasteiger partial charge in [-0.05, 0) is 79.3 Å². The fourth-order valence-corrected chi connectivity index (χ4v) is 9.43. The lowest BCUT2D eigenvalue weighted by atomic mass is 9.47. The van der Waals surface area contributed by atoms with Gasteiger partial charge in [0.2, 0.25) is 0 Å². The monoisotopic (exact) mass is 438 g/mol. The summed E-state index contributed by atoms with van der Waals surface area (Å²) in [6, 6.07) is 0. The summed E-state index contributed by atoms with van der Waals surface area (Å²) in [4.78, 5) is 24.2. The van der Waals surface area contributed by atoms with Gasteiger partial charge in [-0.25, -0.2) is 0 Å². The molecule has 0 radical (unpaired) electrons. The molecule has 4 nitrogen and oxygen atoms in total. The lowest BCUT2D eigenvalue weighted by molar-refractivity contribution is -0.150. The van der Waals surface area contributed by atoms with E-state index in [1.54, 1.807) is 0 Å². The second kappa shape index (κ2) is 6.81. The Hall–Kier alpha value is -1.42. The first-order chi connectivity index (χ1) is 15.1. The summed E-state index contributed by atoms with van der Waals surface area (Å²) in [7, 11) is 0. The van der Waals surface area contributed by atoms with Gasteiger partial charge >= 0.3 is 5.97 Å². The van der Waals surface area contributed by atoms with Crippen molar-refractivity contribution in [2.75, 3.05) is 0 Å². The molecular formula is C28H38O4. The fourth-order valence-electron chi connectivity index (χ4n) is 9.43. The molecule has 2 saturated heterocycles. The van der Waals surface area contributed by atoms with Crippen molar-refractivity contribution >= 4 is 11.8 Å². The smallest absolute Gasteiger partial charge is 0.309 e. The van der Waals surface area contributed by atoms with Crippen molar-refractivity contribution in [1.82, 2.24) is 0 Å². The zero-order valence-electron chi connectivity index (χ0n) is 20.2. The van der Waals surface area contributed by atoms with Crippen LogP contribution in [0.4, 0.5) is 0 Å². The number of allylic oxidation sites excluding steroid dienone is 4. The molecule has 174 valence electrons. The molecule has 0 amide bonds. The number of hydrogen-bond acceptors (Lipinski definition) is 4. The van der Waals surface area contributed by atoms with E-state index in [9.17, 15) is 9.59 Å². The van der Waals surface area contributed by atoms with Crippen LogP contribution in [0, 0.1) is 52.3 Å². The van der Waals surface area contributed by atoms with E-state index in [1.165, 1.54) is 24.8 Å². The van der Waals surface area contributed by atoms with Crippen molar-refractivity contribution in [3.05, 3.63) is 23.8 Å². The topological polar surface area (TPSA) is 52.6 Å². The Balaban J connectivity index is 1.26. The number of carbonyl (C=O) groups is 2. The van der Waals surface area contributed by atoms with Crippen LogP contribution in [0.15, 0.2) is 23.8 Å². The molecule has 12 atom stereocenters. The van der Waals surface area contributed by atoms with Crippen molar-refractivity contribution in [3.8, 4) is 0 Å². The van der Waals surface area contributed by atoms with Gasteiger partial charge in [-0.1, -0.05) is 46.3 Å². The fraction of sp³-hybridized carbons (Fsp3) is 0.786. The lowest BCUT2D eigenvalue weighted by Crippen LogP contribution is -2.50. The minimum absolute atomic E-state index is 0.0318. The van der Waals surface area contributed by atoms with Crippen LogP contribution in [0.1, 0.15) is 66.7 Å². The molecule has 4 aliphatic carbocycles. The van der Waals surface area contributed by atoms with Crippen LogP contribution >= 0.6 is 0 Å². The van der Waals surface area contributed by atoms with Crippen LogP contribution in [-0.2, 0) is 19.1 Å². The molecule has 4 heteroatoms. The van der Waals surface area contributed by atoms with Crippen molar-refractivity contribution in [2.45, 2.75) is 85.0 Å². The third kappa shape index (κ3) is 2.59. The van der Waals surface area contributed by atoms with Gasteiger partial charge in [-0.3, -0.25) is 9.59 Å². The summed E-state index contributed by atoms with van der Waals surface area (Å²) in [5.74, 6) is 3.28. The molecule has 0 aromatic carbocycles. The van der Waals surface area contributed by atoms with Crippen LogP contribution < -0.4 is 0 Å². The third-order valence-corrected chi connectivity index (χ3v) is 11.3. The van der Waals surface area contributed by atoms with Crippen molar-refractivity contribution in [3.63, 3.8) is 0 Å². The number of ether oxygens (including phenoxy) is 2.